The zero-order valence-corrected chi connectivity index (χ0v) is 19.5. The summed E-state index contributed by atoms with van der Waals surface area (Å²) in [5, 5.41) is 3.25. The Morgan fingerprint density at radius 2 is 1.84 bits per heavy atom. The van der Waals surface area contributed by atoms with Crippen LogP contribution in [-0.2, 0) is 25.5 Å². The first-order valence-corrected chi connectivity index (χ1v) is 11.5. The molecule has 1 aromatic rings. The fourth-order valence-electron chi connectivity index (χ4n) is 4.55. The molecule has 2 heterocycles. The number of nitrogens with one attached hydrogen (secondary N) is 1. The number of carbonyl (C=O) groups excluding carboxylic acids is 3. The van der Waals surface area contributed by atoms with E-state index in [1.54, 1.807) is 4.90 Å². The van der Waals surface area contributed by atoms with E-state index in [2.05, 4.69) is 17.4 Å². The fraction of sp³-hybridized carbons (Fsp3) is 0.625. The monoisotopic (exact) mass is 444 g/mol. The van der Waals surface area contributed by atoms with Crippen LogP contribution in [0.15, 0.2) is 30.3 Å². The Kier molecular flexibility index (Phi) is 8.64. The Morgan fingerprint density at radius 1 is 1.16 bits per heavy atom. The molecule has 0 aliphatic carbocycles. The topological polar surface area (TPSA) is 82.2 Å². The molecular formula is C24H36N4O4. The largest absolute Gasteiger partial charge is 0.375 e. The van der Waals surface area contributed by atoms with Gasteiger partial charge in [-0.25, -0.2) is 0 Å². The SMILES string of the molecule is COCC(=O)N1CC(N(CCc2ccccc2)C(=O)C(C)C)CC1C(=O)N1CCNCC1. The second-order valence-corrected chi connectivity index (χ2v) is 8.88. The highest BCUT2D eigenvalue weighted by Gasteiger charge is 2.44. The van der Waals surface area contributed by atoms with Gasteiger partial charge in [-0.05, 0) is 18.4 Å². The number of ether oxygens (including phenoxy) is 1. The van der Waals surface area contributed by atoms with E-state index in [0.717, 1.165) is 25.1 Å². The van der Waals surface area contributed by atoms with Gasteiger partial charge in [-0.15, -0.1) is 0 Å². The fourth-order valence-corrected chi connectivity index (χ4v) is 4.55. The third-order valence-electron chi connectivity index (χ3n) is 6.28. The van der Waals surface area contributed by atoms with Gasteiger partial charge in [0, 0.05) is 52.3 Å². The third-order valence-corrected chi connectivity index (χ3v) is 6.28. The highest BCUT2D eigenvalue weighted by molar-refractivity contribution is 5.89. The molecule has 176 valence electrons. The number of hydrogen-bond acceptors (Lipinski definition) is 5. The first kappa shape index (κ1) is 24.2. The zero-order valence-electron chi connectivity index (χ0n) is 19.5. The normalized spacial score (nSPS) is 21.1. The van der Waals surface area contributed by atoms with Crippen molar-refractivity contribution >= 4 is 17.7 Å². The van der Waals surface area contributed by atoms with Gasteiger partial charge >= 0.3 is 0 Å². The summed E-state index contributed by atoms with van der Waals surface area (Å²) < 4.78 is 5.07. The number of rotatable bonds is 8. The molecule has 0 spiro atoms. The Hall–Kier alpha value is -2.45. The van der Waals surface area contributed by atoms with Crippen molar-refractivity contribution in [1.82, 2.24) is 20.0 Å². The van der Waals surface area contributed by atoms with E-state index in [9.17, 15) is 14.4 Å². The van der Waals surface area contributed by atoms with Crippen molar-refractivity contribution in [2.24, 2.45) is 5.92 Å². The molecule has 2 atom stereocenters. The lowest BCUT2D eigenvalue weighted by atomic mass is 10.0. The van der Waals surface area contributed by atoms with Crippen molar-refractivity contribution in [3.63, 3.8) is 0 Å². The van der Waals surface area contributed by atoms with Crippen LogP contribution >= 0.6 is 0 Å². The molecule has 0 saturated carbocycles. The molecule has 3 rings (SSSR count). The first-order valence-electron chi connectivity index (χ1n) is 11.5. The van der Waals surface area contributed by atoms with Gasteiger partial charge in [0.2, 0.25) is 17.7 Å². The zero-order chi connectivity index (χ0) is 23.1. The van der Waals surface area contributed by atoms with Gasteiger partial charge in [-0.2, -0.15) is 0 Å². The first-order chi connectivity index (χ1) is 15.4. The molecule has 2 aliphatic heterocycles. The van der Waals surface area contributed by atoms with Crippen molar-refractivity contribution in [2.45, 2.75) is 38.8 Å². The van der Waals surface area contributed by atoms with E-state index in [0.29, 0.717) is 32.6 Å². The molecule has 2 saturated heterocycles. The van der Waals surface area contributed by atoms with Crippen LogP contribution in [0.5, 0.6) is 0 Å². The minimum Gasteiger partial charge on any atom is -0.375 e. The maximum atomic E-state index is 13.3. The van der Waals surface area contributed by atoms with E-state index in [-0.39, 0.29) is 36.3 Å². The van der Waals surface area contributed by atoms with E-state index in [4.69, 9.17) is 4.74 Å². The molecule has 32 heavy (non-hydrogen) atoms. The van der Waals surface area contributed by atoms with Gasteiger partial charge in [0.25, 0.3) is 0 Å². The van der Waals surface area contributed by atoms with Crippen molar-refractivity contribution in [3.8, 4) is 0 Å². The average molecular weight is 445 g/mol. The molecule has 2 aliphatic rings. The van der Waals surface area contributed by atoms with Crippen molar-refractivity contribution < 1.29 is 19.1 Å². The van der Waals surface area contributed by atoms with Crippen LogP contribution in [0.1, 0.15) is 25.8 Å². The van der Waals surface area contributed by atoms with E-state index < -0.39 is 6.04 Å². The minimum absolute atomic E-state index is 0.0292. The number of piperazine rings is 1. The number of benzene rings is 1. The Labute approximate surface area is 190 Å². The minimum atomic E-state index is -0.556. The van der Waals surface area contributed by atoms with E-state index in [1.807, 2.05) is 41.8 Å². The Bertz CT molecular complexity index is 779. The van der Waals surface area contributed by atoms with E-state index in [1.165, 1.54) is 7.11 Å². The number of carbonyl (C=O) groups is 3. The molecule has 0 radical (unpaired) electrons. The van der Waals surface area contributed by atoms with Crippen LogP contribution in [0.3, 0.4) is 0 Å². The third kappa shape index (κ3) is 5.86. The molecule has 0 bridgehead atoms. The van der Waals surface area contributed by atoms with Crippen LogP contribution in [-0.4, -0.2) is 97.5 Å². The van der Waals surface area contributed by atoms with E-state index >= 15 is 0 Å². The number of methoxy groups -OCH3 is 1. The molecule has 0 aromatic heterocycles. The van der Waals surface area contributed by atoms with Gasteiger partial charge in [-0.1, -0.05) is 44.2 Å². The lowest BCUT2D eigenvalue weighted by molar-refractivity contribution is -0.146. The lowest BCUT2D eigenvalue weighted by Crippen LogP contribution is -2.53. The summed E-state index contributed by atoms with van der Waals surface area (Å²) in [7, 11) is 1.48. The summed E-state index contributed by atoms with van der Waals surface area (Å²) in [6.45, 7) is 7.41. The van der Waals surface area contributed by atoms with Crippen molar-refractivity contribution in [3.05, 3.63) is 35.9 Å². The predicted molar refractivity (Wildman–Crippen MR) is 122 cm³/mol. The molecule has 1 aromatic carbocycles. The van der Waals surface area contributed by atoms with Gasteiger partial charge < -0.3 is 24.8 Å². The molecule has 8 heteroatoms. The van der Waals surface area contributed by atoms with Crippen molar-refractivity contribution in [1.29, 1.82) is 0 Å². The number of amides is 3. The van der Waals surface area contributed by atoms with Crippen LogP contribution in [0.25, 0.3) is 0 Å². The molecule has 2 fully saturated rings. The smallest absolute Gasteiger partial charge is 0.249 e. The number of nitrogens with zero attached hydrogens (tertiary/aromatic N) is 3. The van der Waals surface area contributed by atoms with Gasteiger partial charge in [0.05, 0.1) is 6.04 Å². The van der Waals surface area contributed by atoms with Crippen molar-refractivity contribution in [2.75, 3.05) is 53.0 Å². The second-order valence-electron chi connectivity index (χ2n) is 8.88. The summed E-state index contributed by atoms with van der Waals surface area (Å²) in [6, 6.07) is 9.32. The maximum absolute atomic E-state index is 13.3. The van der Waals surface area contributed by atoms with Crippen LogP contribution in [0.2, 0.25) is 0 Å². The second kappa shape index (κ2) is 11.4. The van der Waals surface area contributed by atoms with Crippen LogP contribution in [0, 0.1) is 5.92 Å². The van der Waals surface area contributed by atoms with Gasteiger partial charge in [0.1, 0.15) is 12.6 Å². The van der Waals surface area contributed by atoms with Gasteiger partial charge in [0.15, 0.2) is 0 Å². The Morgan fingerprint density at radius 3 is 2.47 bits per heavy atom. The lowest BCUT2D eigenvalue weighted by Gasteiger charge is -2.32. The summed E-state index contributed by atoms with van der Waals surface area (Å²) in [5.41, 5.74) is 1.16. The standard InChI is InChI=1S/C24H36N4O4/c1-18(2)23(30)27(12-9-19-7-5-4-6-8-19)20-15-21(28(16-20)22(29)17-32-3)24(31)26-13-10-25-11-14-26/h4-8,18,20-21,25H,9-17H2,1-3H3. The Balaban J connectivity index is 1.79. The van der Waals surface area contributed by atoms with Crippen LogP contribution in [0.4, 0.5) is 0 Å². The summed E-state index contributed by atoms with van der Waals surface area (Å²) in [5.74, 6) is -0.334. The number of likely N-dealkylation sites (tertiary alicyclic amines) is 1. The summed E-state index contributed by atoms with van der Waals surface area (Å²) >= 11 is 0. The van der Waals surface area contributed by atoms with Crippen LogP contribution < -0.4 is 5.32 Å². The highest BCUT2D eigenvalue weighted by Crippen LogP contribution is 2.26. The molecule has 8 nitrogen and oxygen atoms in total. The molecule has 2 unspecified atom stereocenters. The summed E-state index contributed by atoms with van der Waals surface area (Å²) in [6.07, 6.45) is 1.20. The summed E-state index contributed by atoms with van der Waals surface area (Å²) in [4.78, 5) is 44.6. The maximum Gasteiger partial charge on any atom is 0.249 e. The highest BCUT2D eigenvalue weighted by atomic mass is 16.5. The molecule has 3 amide bonds. The predicted octanol–water partition coefficient (Wildman–Crippen LogP) is 0.761. The molecular weight excluding hydrogens is 408 g/mol. The van der Waals surface area contributed by atoms with Gasteiger partial charge in [-0.3, -0.25) is 14.4 Å². The number of hydrogen-bond donors (Lipinski definition) is 1. The average Bonchev–Trinajstić information content (AvgIpc) is 3.25. The molecule has 1 N–H and O–H groups in total. The quantitative estimate of drug-likeness (QED) is 0.640.